The zero-order valence-corrected chi connectivity index (χ0v) is 10.9. The van der Waals surface area contributed by atoms with Crippen molar-refractivity contribution in [2.24, 2.45) is 22.2 Å². The normalized spacial score (nSPS) is 9.65. The van der Waals surface area contributed by atoms with Crippen LogP contribution in [-0.4, -0.2) is 37.4 Å². The third kappa shape index (κ3) is 5.36. The Morgan fingerprint density at radius 1 is 1.20 bits per heavy atom. The zero-order valence-electron chi connectivity index (χ0n) is 10.9. The summed E-state index contributed by atoms with van der Waals surface area (Å²) in [4.78, 5) is 27.0. The number of rotatable bonds is 6. The number of guanidine groups is 1. The highest BCUT2D eigenvalue weighted by Crippen LogP contribution is 2.13. The van der Waals surface area contributed by atoms with Crippen molar-refractivity contribution >= 4 is 23.5 Å². The van der Waals surface area contributed by atoms with Crippen molar-refractivity contribution in [3.8, 4) is 0 Å². The number of hydrogen-bond acceptors (Lipinski definition) is 4. The number of hydrogen-bond donors (Lipinski definition) is 5. The summed E-state index contributed by atoms with van der Waals surface area (Å²) in [6.45, 7) is 0.598. The molecule has 1 rings (SSSR count). The number of carbonyl (C=O) groups excluding carboxylic acids is 2. The molecule has 20 heavy (non-hydrogen) atoms. The number of carbonyl (C=O) groups is 2. The molecule has 0 radical (unpaired) electrons. The van der Waals surface area contributed by atoms with Gasteiger partial charge in [-0.25, -0.2) is 4.99 Å². The molecule has 0 fully saturated rings. The Kier molecular flexibility index (Phi) is 5.98. The van der Waals surface area contributed by atoms with Crippen LogP contribution in [0.2, 0.25) is 0 Å². The predicted molar refractivity (Wildman–Crippen MR) is 76.3 cm³/mol. The van der Waals surface area contributed by atoms with Gasteiger partial charge in [-0.05, 0) is 18.2 Å². The fourth-order valence-corrected chi connectivity index (χ4v) is 1.40. The summed E-state index contributed by atoms with van der Waals surface area (Å²) in [5, 5.41) is 5.03. The molecule has 0 aliphatic heterocycles. The van der Waals surface area contributed by atoms with Gasteiger partial charge in [-0.3, -0.25) is 9.59 Å². The van der Waals surface area contributed by atoms with E-state index in [0.29, 0.717) is 24.3 Å². The second-order valence-corrected chi connectivity index (χ2v) is 3.91. The van der Waals surface area contributed by atoms with Gasteiger partial charge in [0, 0.05) is 18.7 Å². The maximum absolute atomic E-state index is 11.8. The number of benzene rings is 1. The molecule has 2 amide bonds. The summed E-state index contributed by atoms with van der Waals surface area (Å²) < 4.78 is 0. The first-order valence-corrected chi connectivity index (χ1v) is 5.97. The molecule has 8 nitrogen and oxygen atoms in total. The van der Waals surface area contributed by atoms with Gasteiger partial charge in [0.05, 0.1) is 12.2 Å². The molecule has 108 valence electrons. The first-order chi connectivity index (χ1) is 9.52. The third-order valence-electron chi connectivity index (χ3n) is 2.24. The molecule has 0 saturated heterocycles. The van der Waals surface area contributed by atoms with Crippen LogP contribution in [0.4, 0.5) is 5.69 Å². The molecule has 0 aliphatic carbocycles. The van der Waals surface area contributed by atoms with Gasteiger partial charge in [0.1, 0.15) is 0 Å². The second-order valence-electron chi connectivity index (χ2n) is 3.91. The van der Waals surface area contributed by atoms with Gasteiger partial charge in [0.25, 0.3) is 5.91 Å². The Hall–Kier alpha value is -2.61. The maximum atomic E-state index is 11.8. The molecule has 1 aromatic carbocycles. The first kappa shape index (κ1) is 15.4. The van der Waals surface area contributed by atoms with Crippen molar-refractivity contribution in [1.29, 1.82) is 0 Å². The average Bonchev–Trinajstić information content (AvgIpc) is 2.42. The van der Waals surface area contributed by atoms with Gasteiger partial charge in [-0.2, -0.15) is 0 Å². The third-order valence-corrected chi connectivity index (χ3v) is 2.24. The van der Waals surface area contributed by atoms with Crippen LogP contribution < -0.4 is 27.8 Å². The quantitative estimate of drug-likeness (QED) is 0.314. The molecule has 0 atom stereocenters. The smallest absolute Gasteiger partial charge is 0.251 e. The summed E-state index contributed by atoms with van der Waals surface area (Å²) in [5.74, 6) is -0.784. The van der Waals surface area contributed by atoms with E-state index in [1.807, 2.05) is 0 Å². The Morgan fingerprint density at radius 3 is 2.60 bits per heavy atom. The minimum Gasteiger partial charge on any atom is -0.370 e. The summed E-state index contributed by atoms with van der Waals surface area (Å²) >= 11 is 0. The van der Waals surface area contributed by atoms with Crippen LogP contribution in [0.1, 0.15) is 10.4 Å². The van der Waals surface area contributed by atoms with Gasteiger partial charge >= 0.3 is 0 Å². The van der Waals surface area contributed by atoms with Crippen LogP contribution in [0.15, 0.2) is 29.3 Å². The minimum absolute atomic E-state index is 0.0938. The van der Waals surface area contributed by atoms with E-state index in [9.17, 15) is 9.59 Å². The van der Waals surface area contributed by atoms with Gasteiger partial charge in [-0.15, -0.1) is 0 Å². The lowest BCUT2D eigenvalue weighted by Crippen LogP contribution is -2.38. The van der Waals surface area contributed by atoms with E-state index in [0.717, 1.165) is 0 Å². The van der Waals surface area contributed by atoms with E-state index >= 15 is 0 Å². The van der Waals surface area contributed by atoms with Gasteiger partial charge in [0.2, 0.25) is 5.91 Å². The highest BCUT2D eigenvalue weighted by Gasteiger charge is 2.08. The van der Waals surface area contributed by atoms with Crippen molar-refractivity contribution in [2.75, 3.05) is 19.6 Å². The Morgan fingerprint density at radius 2 is 1.95 bits per heavy atom. The first-order valence-electron chi connectivity index (χ1n) is 5.97. The van der Waals surface area contributed by atoms with E-state index in [4.69, 9.17) is 17.2 Å². The molecular formula is C12H18N6O2. The van der Waals surface area contributed by atoms with Crippen molar-refractivity contribution < 1.29 is 9.59 Å². The standard InChI is InChI=1S/C12H18N6O2/c13-4-5-16-10(19)7-17-11(20)8-2-1-3-9(6-8)18-12(14)15/h1-3,6H,4-5,7,13H2,(H,16,19)(H,17,20)(H4,14,15,18). The van der Waals surface area contributed by atoms with E-state index in [1.54, 1.807) is 18.2 Å². The number of nitrogens with one attached hydrogen (secondary N) is 2. The molecule has 0 unspecified atom stereocenters. The predicted octanol–water partition coefficient (Wildman–Crippen LogP) is -1.60. The van der Waals surface area contributed by atoms with Crippen LogP contribution in [0.25, 0.3) is 0 Å². The molecule has 0 aromatic heterocycles. The van der Waals surface area contributed by atoms with Gasteiger partial charge in [0.15, 0.2) is 5.96 Å². The molecule has 0 saturated carbocycles. The summed E-state index contributed by atoms with van der Waals surface area (Å²) in [6, 6.07) is 6.42. The van der Waals surface area contributed by atoms with Gasteiger partial charge < -0.3 is 27.8 Å². The number of amides is 2. The van der Waals surface area contributed by atoms with E-state index in [1.165, 1.54) is 6.07 Å². The minimum atomic E-state index is -0.388. The Bertz CT molecular complexity index is 510. The summed E-state index contributed by atoms with van der Waals surface area (Å²) in [6.07, 6.45) is 0. The van der Waals surface area contributed by atoms with Gasteiger partial charge in [-0.1, -0.05) is 6.07 Å². The lowest BCUT2D eigenvalue weighted by Gasteiger charge is -2.06. The zero-order chi connectivity index (χ0) is 15.0. The van der Waals surface area contributed by atoms with E-state index in [-0.39, 0.29) is 24.3 Å². The molecule has 0 bridgehead atoms. The highest BCUT2D eigenvalue weighted by molar-refractivity contribution is 5.97. The summed E-state index contributed by atoms with van der Waals surface area (Å²) in [5.41, 5.74) is 16.6. The SMILES string of the molecule is NCCNC(=O)CNC(=O)c1cccc(N=C(N)N)c1. The molecule has 8 heteroatoms. The van der Waals surface area contributed by atoms with Crippen molar-refractivity contribution in [2.45, 2.75) is 0 Å². The topological polar surface area (TPSA) is 149 Å². The van der Waals surface area contributed by atoms with E-state index < -0.39 is 0 Å². The summed E-state index contributed by atoms with van der Waals surface area (Å²) in [7, 11) is 0. The molecule has 1 aromatic rings. The fourth-order valence-electron chi connectivity index (χ4n) is 1.40. The number of aliphatic imine (C=N–C) groups is 1. The van der Waals surface area contributed by atoms with Crippen LogP contribution >= 0.6 is 0 Å². The molecular weight excluding hydrogens is 260 g/mol. The lowest BCUT2D eigenvalue weighted by atomic mass is 10.2. The maximum Gasteiger partial charge on any atom is 0.251 e. The molecule has 0 spiro atoms. The van der Waals surface area contributed by atoms with Crippen molar-refractivity contribution in [1.82, 2.24) is 10.6 Å². The van der Waals surface area contributed by atoms with Crippen LogP contribution in [0.3, 0.4) is 0 Å². The number of nitrogens with zero attached hydrogens (tertiary/aromatic N) is 1. The highest BCUT2D eigenvalue weighted by atomic mass is 16.2. The van der Waals surface area contributed by atoms with Crippen LogP contribution in [0.5, 0.6) is 0 Å². The monoisotopic (exact) mass is 278 g/mol. The lowest BCUT2D eigenvalue weighted by molar-refractivity contribution is -0.120. The fraction of sp³-hybridized carbons (Fsp3) is 0.250. The second kappa shape index (κ2) is 7.74. The average molecular weight is 278 g/mol. The molecule has 8 N–H and O–H groups in total. The number of nitrogens with two attached hydrogens (primary N) is 3. The molecule has 0 aliphatic rings. The Labute approximate surface area is 116 Å². The van der Waals surface area contributed by atoms with Crippen molar-refractivity contribution in [3.05, 3.63) is 29.8 Å². The van der Waals surface area contributed by atoms with E-state index in [2.05, 4.69) is 15.6 Å². The largest absolute Gasteiger partial charge is 0.370 e. The molecule has 0 heterocycles. The van der Waals surface area contributed by atoms with Crippen molar-refractivity contribution in [3.63, 3.8) is 0 Å². The van der Waals surface area contributed by atoms with Crippen LogP contribution in [-0.2, 0) is 4.79 Å². The Balaban J connectivity index is 2.59. The van der Waals surface area contributed by atoms with Crippen LogP contribution in [0, 0.1) is 0 Å².